The van der Waals surface area contributed by atoms with Gasteiger partial charge in [0, 0.05) is 29.4 Å². The molecule has 0 spiro atoms. The molecule has 1 heterocycles. The van der Waals surface area contributed by atoms with E-state index in [1.807, 2.05) is 24.3 Å². The van der Waals surface area contributed by atoms with Crippen molar-refractivity contribution in [1.29, 1.82) is 0 Å². The molecule has 0 radical (unpaired) electrons. The van der Waals surface area contributed by atoms with Gasteiger partial charge in [0.2, 0.25) is 11.8 Å². The number of nitrogens with zero attached hydrogens (tertiary/aromatic N) is 1. The molecule has 2 amide bonds. The number of hydrogen-bond donors (Lipinski definition) is 3. The number of benzene rings is 2. The molecule has 0 aromatic heterocycles. The van der Waals surface area contributed by atoms with Crippen LogP contribution in [-0.2, 0) is 16.0 Å². The highest BCUT2D eigenvalue weighted by Crippen LogP contribution is 2.21. The minimum absolute atomic E-state index is 0.145. The zero-order valence-electron chi connectivity index (χ0n) is 14.5. The van der Waals surface area contributed by atoms with Crippen LogP contribution in [0.15, 0.2) is 48.5 Å². The number of amides is 2. The Balaban J connectivity index is 1.45. The molecule has 27 heavy (non-hydrogen) atoms. The van der Waals surface area contributed by atoms with Gasteiger partial charge < -0.3 is 10.2 Å². The average molecular weight is 403 g/mol. The molecule has 0 unspecified atom stereocenters. The Hall–Kier alpha value is -2.64. The number of carbonyl (C=O) groups excluding carboxylic acids is 2. The summed E-state index contributed by atoms with van der Waals surface area (Å²) in [6.45, 7) is 0.751. The van der Waals surface area contributed by atoms with Crippen molar-refractivity contribution < 1.29 is 9.59 Å². The molecule has 1 fully saturated rings. The van der Waals surface area contributed by atoms with E-state index < -0.39 is 0 Å². The van der Waals surface area contributed by atoms with E-state index in [1.54, 1.807) is 29.2 Å². The summed E-state index contributed by atoms with van der Waals surface area (Å²) in [6.07, 6.45) is 1.68. The normalized spacial score (nSPS) is 13.4. The maximum absolute atomic E-state index is 12.1. The SMILES string of the molecule is O=C(Cc1ccc(N2CCCC2=O)cc1)NNC(=S)Nc1ccc(Cl)cc1. The number of nitrogens with one attached hydrogen (secondary N) is 3. The number of hydrazine groups is 1. The molecule has 3 rings (SSSR count). The van der Waals surface area contributed by atoms with Crippen LogP contribution in [0.4, 0.5) is 11.4 Å². The van der Waals surface area contributed by atoms with Crippen LogP contribution >= 0.6 is 23.8 Å². The third-order valence-electron chi connectivity index (χ3n) is 4.10. The predicted molar refractivity (Wildman–Crippen MR) is 111 cm³/mol. The van der Waals surface area contributed by atoms with Gasteiger partial charge in [-0.25, -0.2) is 0 Å². The van der Waals surface area contributed by atoms with Crippen LogP contribution in [0, 0.1) is 0 Å². The Morgan fingerprint density at radius 3 is 2.41 bits per heavy atom. The minimum atomic E-state index is -0.222. The fraction of sp³-hybridized carbons (Fsp3) is 0.211. The lowest BCUT2D eigenvalue weighted by molar-refractivity contribution is -0.121. The van der Waals surface area contributed by atoms with Gasteiger partial charge in [-0.15, -0.1) is 0 Å². The maximum Gasteiger partial charge on any atom is 0.242 e. The van der Waals surface area contributed by atoms with Crippen molar-refractivity contribution in [2.24, 2.45) is 0 Å². The highest BCUT2D eigenvalue weighted by molar-refractivity contribution is 7.80. The second-order valence-corrected chi connectivity index (χ2v) is 6.97. The largest absolute Gasteiger partial charge is 0.331 e. The molecule has 0 saturated carbocycles. The number of anilines is 2. The molecule has 140 valence electrons. The second kappa shape index (κ2) is 8.83. The van der Waals surface area contributed by atoms with Crippen LogP contribution in [0.3, 0.4) is 0 Å². The number of thiocarbonyl (C=S) groups is 1. The van der Waals surface area contributed by atoms with E-state index in [0.29, 0.717) is 11.4 Å². The molecule has 2 aromatic carbocycles. The van der Waals surface area contributed by atoms with Crippen molar-refractivity contribution in [1.82, 2.24) is 10.9 Å². The smallest absolute Gasteiger partial charge is 0.242 e. The first-order valence-corrected chi connectivity index (χ1v) is 9.30. The number of halogens is 1. The third kappa shape index (κ3) is 5.42. The standard InChI is InChI=1S/C19H19ClN4O2S/c20-14-5-7-15(8-6-14)21-19(27)23-22-17(25)12-13-3-9-16(10-4-13)24-11-1-2-18(24)26/h3-10H,1-2,11-12H2,(H,22,25)(H2,21,23,27). The predicted octanol–water partition coefficient (Wildman–Crippen LogP) is 3.03. The first-order chi connectivity index (χ1) is 13.0. The van der Waals surface area contributed by atoms with E-state index in [4.69, 9.17) is 23.8 Å². The van der Waals surface area contributed by atoms with Gasteiger partial charge in [0.05, 0.1) is 6.42 Å². The Labute approximate surface area is 167 Å². The molecule has 1 saturated heterocycles. The summed E-state index contributed by atoms with van der Waals surface area (Å²) in [4.78, 5) is 25.6. The van der Waals surface area contributed by atoms with Crippen molar-refractivity contribution in [3.8, 4) is 0 Å². The summed E-state index contributed by atoms with van der Waals surface area (Å²) < 4.78 is 0. The molecule has 6 nitrogen and oxygen atoms in total. The van der Waals surface area contributed by atoms with Crippen molar-refractivity contribution in [2.75, 3.05) is 16.8 Å². The minimum Gasteiger partial charge on any atom is -0.331 e. The summed E-state index contributed by atoms with van der Waals surface area (Å²) >= 11 is 11.0. The quantitative estimate of drug-likeness (QED) is 0.541. The maximum atomic E-state index is 12.1. The van der Waals surface area contributed by atoms with Crippen LogP contribution in [0.2, 0.25) is 5.02 Å². The number of hydrogen-bond acceptors (Lipinski definition) is 3. The summed E-state index contributed by atoms with van der Waals surface area (Å²) in [5.74, 6) is -0.0772. The fourth-order valence-corrected chi connectivity index (χ4v) is 3.06. The lowest BCUT2D eigenvalue weighted by atomic mass is 10.1. The van der Waals surface area contributed by atoms with Gasteiger partial charge in [0.25, 0.3) is 0 Å². The molecular formula is C19H19ClN4O2S. The van der Waals surface area contributed by atoms with E-state index in [1.165, 1.54) is 0 Å². The Bertz CT molecular complexity index is 840. The van der Waals surface area contributed by atoms with E-state index >= 15 is 0 Å². The van der Waals surface area contributed by atoms with Crippen LogP contribution in [0.1, 0.15) is 18.4 Å². The monoisotopic (exact) mass is 402 g/mol. The summed E-state index contributed by atoms with van der Waals surface area (Å²) in [6, 6.07) is 14.5. The lowest BCUT2D eigenvalue weighted by Gasteiger charge is -2.16. The zero-order valence-corrected chi connectivity index (χ0v) is 16.1. The molecule has 0 aliphatic carbocycles. The van der Waals surface area contributed by atoms with E-state index in [-0.39, 0.29) is 23.3 Å². The molecular weight excluding hydrogens is 384 g/mol. The van der Waals surface area contributed by atoms with Crippen molar-refractivity contribution in [3.05, 3.63) is 59.1 Å². The van der Waals surface area contributed by atoms with Crippen LogP contribution in [-0.4, -0.2) is 23.5 Å². The summed E-state index contributed by atoms with van der Waals surface area (Å²) in [5, 5.41) is 3.84. The van der Waals surface area contributed by atoms with Crippen LogP contribution in [0.25, 0.3) is 0 Å². The highest BCUT2D eigenvalue weighted by Gasteiger charge is 2.21. The molecule has 0 atom stereocenters. The summed E-state index contributed by atoms with van der Waals surface area (Å²) in [7, 11) is 0. The Kier molecular flexibility index (Phi) is 6.26. The molecule has 8 heteroatoms. The molecule has 1 aliphatic heterocycles. The molecule has 0 bridgehead atoms. The fourth-order valence-electron chi connectivity index (χ4n) is 2.77. The average Bonchev–Trinajstić information content (AvgIpc) is 3.09. The Morgan fingerprint density at radius 1 is 1.07 bits per heavy atom. The van der Waals surface area contributed by atoms with Gasteiger partial charge in [0.15, 0.2) is 5.11 Å². The number of rotatable bonds is 4. The van der Waals surface area contributed by atoms with Gasteiger partial charge in [-0.05, 0) is 60.6 Å². The van der Waals surface area contributed by atoms with E-state index in [2.05, 4.69) is 16.2 Å². The second-order valence-electron chi connectivity index (χ2n) is 6.13. The lowest BCUT2D eigenvalue weighted by Crippen LogP contribution is -2.44. The first-order valence-electron chi connectivity index (χ1n) is 8.52. The van der Waals surface area contributed by atoms with Gasteiger partial charge in [-0.2, -0.15) is 0 Å². The van der Waals surface area contributed by atoms with E-state index in [9.17, 15) is 9.59 Å². The van der Waals surface area contributed by atoms with Gasteiger partial charge >= 0.3 is 0 Å². The van der Waals surface area contributed by atoms with Crippen LogP contribution in [0.5, 0.6) is 0 Å². The van der Waals surface area contributed by atoms with Gasteiger partial charge in [0.1, 0.15) is 0 Å². The third-order valence-corrected chi connectivity index (χ3v) is 4.56. The highest BCUT2D eigenvalue weighted by atomic mass is 35.5. The van der Waals surface area contributed by atoms with E-state index in [0.717, 1.165) is 29.9 Å². The van der Waals surface area contributed by atoms with Crippen LogP contribution < -0.4 is 21.1 Å². The zero-order chi connectivity index (χ0) is 19.2. The first kappa shape index (κ1) is 19.1. The molecule has 3 N–H and O–H groups in total. The summed E-state index contributed by atoms with van der Waals surface area (Å²) in [5.41, 5.74) is 7.70. The van der Waals surface area contributed by atoms with Gasteiger partial charge in [-0.3, -0.25) is 20.4 Å². The van der Waals surface area contributed by atoms with Crippen molar-refractivity contribution >= 4 is 52.1 Å². The number of carbonyl (C=O) groups is 2. The van der Waals surface area contributed by atoms with Gasteiger partial charge in [-0.1, -0.05) is 23.7 Å². The molecule has 1 aliphatic rings. The molecule has 2 aromatic rings. The Morgan fingerprint density at radius 2 is 1.78 bits per heavy atom. The van der Waals surface area contributed by atoms with Crippen molar-refractivity contribution in [3.63, 3.8) is 0 Å². The topological polar surface area (TPSA) is 73.5 Å². The van der Waals surface area contributed by atoms with Crippen molar-refractivity contribution in [2.45, 2.75) is 19.3 Å².